The Morgan fingerprint density at radius 2 is 1.96 bits per heavy atom. The van der Waals surface area contributed by atoms with Crippen molar-refractivity contribution in [3.63, 3.8) is 0 Å². The number of likely N-dealkylation sites (tertiary alicyclic amines) is 1. The predicted octanol–water partition coefficient (Wildman–Crippen LogP) is 3.68. The van der Waals surface area contributed by atoms with E-state index in [0.29, 0.717) is 18.4 Å². The summed E-state index contributed by atoms with van der Waals surface area (Å²) in [5.74, 6) is 3.39. The number of amides is 1. The van der Waals surface area contributed by atoms with Gasteiger partial charge in [0.2, 0.25) is 5.91 Å². The van der Waals surface area contributed by atoms with Crippen molar-refractivity contribution in [3.05, 3.63) is 35.4 Å². The molecule has 2 heterocycles. The fourth-order valence-corrected chi connectivity index (χ4v) is 4.64. The second kappa shape index (κ2) is 10.4. The number of rotatable bonds is 5. The molecule has 0 aromatic heterocycles. The van der Waals surface area contributed by atoms with Crippen LogP contribution in [0.5, 0.6) is 0 Å². The first-order chi connectivity index (χ1) is 11.7. The molecule has 140 valence electrons. The molecule has 1 aromatic carbocycles. The molecule has 2 saturated heterocycles. The van der Waals surface area contributed by atoms with Crippen molar-refractivity contribution in [2.75, 3.05) is 31.1 Å². The molecule has 0 bridgehead atoms. The summed E-state index contributed by atoms with van der Waals surface area (Å²) < 4.78 is 0. The molecule has 2 aliphatic heterocycles. The van der Waals surface area contributed by atoms with Crippen molar-refractivity contribution in [3.8, 4) is 0 Å². The third-order valence-corrected chi connectivity index (χ3v) is 6.48. The molecule has 0 radical (unpaired) electrons. The second-order valence-electron chi connectivity index (χ2n) is 7.28. The highest BCUT2D eigenvalue weighted by Gasteiger charge is 2.25. The maximum atomic E-state index is 12.5. The van der Waals surface area contributed by atoms with E-state index < -0.39 is 0 Å². The summed E-state index contributed by atoms with van der Waals surface area (Å²) in [6.07, 6.45) is 5.45. The molecule has 0 saturated carbocycles. The van der Waals surface area contributed by atoms with E-state index in [1.165, 1.54) is 42.6 Å². The van der Waals surface area contributed by atoms with Crippen molar-refractivity contribution in [2.24, 2.45) is 5.92 Å². The third kappa shape index (κ3) is 6.50. The number of hydrogen-bond acceptors (Lipinski definition) is 3. The van der Waals surface area contributed by atoms with Crippen LogP contribution in [-0.4, -0.2) is 48.0 Å². The zero-order chi connectivity index (χ0) is 16.8. The van der Waals surface area contributed by atoms with Crippen LogP contribution in [0, 0.1) is 12.8 Å². The van der Waals surface area contributed by atoms with Crippen molar-refractivity contribution in [1.29, 1.82) is 0 Å². The summed E-state index contributed by atoms with van der Waals surface area (Å²) in [7, 11) is 0. The SMILES string of the molecule is Cc1ccc(CCC2CCN(C(=O)CC3CSCCN3)CC2)cc1.Cl. The molecule has 2 fully saturated rings. The van der Waals surface area contributed by atoms with Crippen LogP contribution in [0.3, 0.4) is 0 Å². The number of hydrogen-bond donors (Lipinski definition) is 1. The van der Waals surface area contributed by atoms with Gasteiger partial charge in [0.05, 0.1) is 0 Å². The standard InChI is InChI=1S/C20H30N2OS.ClH/c1-16-2-4-17(5-3-16)6-7-18-8-11-22(12-9-18)20(23)14-19-15-24-13-10-21-19;/h2-5,18-19,21H,6-15H2,1H3;1H. The first kappa shape index (κ1) is 20.6. The molecule has 1 amide bonds. The molecule has 1 aromatic rings. The van der Waals surface area contributed by atoms with Gasteiger partial charge in [0.25, 0.3) is 0 Å². The lowest BCUT2D eigenvalue weighted by atomic mass is 9.90. The lowest BCUT2D eigenvalue weighted by molar-refractivity contribution is -0.133. The van der Waals surface area contributed by atoms with Gasteiger partial charge in [-0.05, 0) is 44.1 Å². The monoisotopic (exact) mass is 382 g/mol. The zero-order valence-corrected chi connectivity index (χ0v) is 16.8. The van der Waals surface area contributed by atoms with Crippen LogP contribution in [0.25, 0.3) is 0 Å². The predicted molar refractivity (Wildman–Crippen MR) is 110 cm³/mol. The van der Waals surface area contributed by atoms with Crippen LogP contribution in [-0.2, 0) is 11.2 Å². The Kier molecular flexibility index (Phi) is 8.60. The van der Waals surface area contributed by atoms with Gasteiger partial charge < -0.3 is 10.2 Å². The zero-order valence-electron chi connectivity index (χ0n) is 15.2. The van der Waals surface area contributed by atoms with Gasteiger partial charge in [-0.2, -0.15) is 11.8 Å². The highest BCUT2D eigenvalue weighted by molar-refractivity contribution is 7.99. The van der Waals surface area contributed by atoms with Crippen molar-refractivity contribution in [2.45, 2.75) is 45.1 Å². The van der Waals surface area contributed by atoms with E-state index in [-0.39, 0.29) is 12.4 Å². The summed E-state index contributed by atoms with van der Waals surface area (Å²) in [5.41, 5.74) is 2.77. The number of carbonyl (C=O) groups excluding carboxylic acids is 1. The fraction of sp³-hybridized carbons (Fsp3) is 0.650. The van der Waals surface area contributed by atoms with Gasteiger partial charge in [0.15, 0.2) is 0 Å². The number of nitrogens with one attached hydrogen (secondary N) is 1. The van der Waals surface area contributed by atoms with Gasteiger partial charge in [-0.25, -0.2) is 0 Å². The van der Waals surface area contributed by atoms with Gasteiger partial charge in [-0.3, -0.25) is 4.79 Å². The normalized spacial score (nSPS) is 21.6. The Balaban J connectivity index is 0.00000225. The first-order valence-corrected chi connectivity index (χ1v) is 10.5. The van der Waals surface area contributed by atoms with Crippen molar-refractivity contribution < 1.29 is 4.79 Å². The topological polar surface area (TPSA) is 32.3 Å². The molecule has 25 heavy (non-hydrogen) atoms. The fourth-order valence-electron chi connectivity index (χ4n) is 3.69. The van der Waals surface area contributed by atoms with Crippen LogP contribution >= 0.6 is 24.2 Å². The highest BCUT2D eigenvalue weighted by atomic mass is 35.5. The largest absolute Gasteiger partial charge is 0.343 e. The van der Waals surface area contributed by atoms with Gasteiger partial charge in [0, 0.05) is 43.6 Å². The van der Waals surface area contributed by atoms with Crippen molar-refractivity contribution in [1.82, 2.24) is 10.2 Å². The van der Waals surface area contributed by atoms with Crippen LogP contribution in [0.1, 0.15) is 36.8 Å². The van der Waals surface area contributed by atoms with E-state index in [2.05, 4.69) is 41.4 Å². The van der Waals surface area contributed by atoms with Crippen LogP contribution in [0.15, 0.2) is 24.3 Å². The Hall–Kier alpha value is -0.710. The molecule has 3 rings (SSSR count). The lowest BCUT2D eigenvalue weighted by Gasteiger charge is -2.33. The van der Waals surface area contributed by atoms with Crippen LogP contribution < -0.4 is 5.32 Å². The van der Waals surface area contributed by atoms with E-state index in [0.717, 1.165) is 31.3 Å². The van der Waals surface area contributed by atoms with E-state index in [4.69, 9.17) is 0 Å². The van der Waals surface area contributed by atoms with E-state index >= 15 is 0 Å². The molecule has 0 aliphatic carbocycles. The van der Waals surface area contributed by atoms with Gasteiger partial charge in [0.1, 0.15) is 0 Å². The molecule has 5 heteroatoms. The minimum absolute atomic E-state index is 0. The Labute approximate surface area is 162 Å². The Morgan fingerprint density at radius 3 is 2.60 bits per heavy atom. The molecule has 0 spiro atoms. The summed E-state index contributed by atoms with van der Waals surface area (Å²) >= 11 is 1.96. The quantitative estimate of drug-likeness (QED) is 0.842. The lowest BCUT2D eigenvalue weighted by Crippen LogP contribution is -2.44. The van der Waals surface area contributed by atoms with E-state index in [9.17, 15) is 4.79 Å². The molecule has 1 unspecified atom stereocenters. The molecular weight excluding hydrogens is 352 g/mol. The smallest absolute Gasteiger partial charge is 0.224 e. The van der Waals surface area contributed by atoms with Crippen molar-refractivity contribution >= 4 is 30.1 Å². The molecule has 3 nitrogen and oxygen atoms in total. The second-order valence-corrected chi connectivity index (χ2v) is 8.43. The average Bonchev–Trinajstić information content (AvgIpc) is 2.62. The number of benzene rings is 1. The Bertz CT molecular complexity index is 523. The first-order valence-electron chi connectivity index (χ1n) is 9.35. The minimum Gasteiger partial charge on any atom is -0.343 e. The molecular formula is C20H31ClN2OS. The van der Waals surface area contributed by atoms with E-state index in [1.807, 2.05) is 11.8 Å². The summed E-state index contributed by atoms with van der Waals surface area (Å²) in [6, 6.07) is 9.30. The number of thioether (sulfide) groups is 1. The number of halogens is 1. The number of aryl methyl sites for hydroxylation is 2. The van der Waals surface area contributed by atoms with Gasteiger partial charge in [-0.1, -0.05) is 29.8 Å². The number of carbonyl (C=O) groups is 1. The van der Waals surface area contributed by atoms with E-state index in [1.54, 1.807) is 0 Å². The van der Waals surface area contributed by atoms with Gasteiger partial charge >= 0.3 is 0 Å². The molecule has 1 atom stereocenters. The van der Waals surface area contributed by atoms with Crippen LogP contribution in [0.4, 0.5) is 0 Å². The molecule has 1 N–H and O–H groups in total. The summed E-state index contributed by atoms with van der Waals surface area (Å²) in [5, 5.41) is 3.47. The highest BCUT2D eigenvalue weighted by Crippen LogP contribution is 2.23. The minimum atomic E-state index is 0. The summed E-state index contributed by atoms with van der Waals surface area (Å²) in [6.45, 7) is 5.09. The molecule has 2 aliphatic rings. The average molecular weight is 383 g/mol. The Morgan fingerprint density at radius 1 is 1.24 bits per heavy atom. The number of piperidine rings is 1. The number of nitrogens with zero attached hydrogens (tertiary/aromatic N) is 1. The van der Waals surface area contributed by atoms with Crippen LogP contribution in [0.2, 0.25) is 0 Å². The van der Waals surface area contributed by atoms with Gasteiger partial charge in [-0.15, -0.1) is 12.4 Å². The summed E-state index contributed by atoms with van der Waals surface area (Å²) in [4.78, 5) is 14.6. The maximum Gasteiger partial charge on any atom is 0.224 e. The third-order valence-electron chi connectivity index (χ3n) is 5.35. The maximum absolute atomic E-state index is 12.5.